The summed E-state index contributed by atoms with van der Waals surface area (Å²) in [4.78, 5) is 12.5. The topological polar surface area (TPSA) is 85.8 Å². The number of amides is 1. The van der Waals surface area contributed by atoms with E-state index >= 15 is 0 Å². The van der Waals surface area contributed by atoms with Crippen molar-refractivity contribution in [3.05, 3.63) is 77.9 Å². The lowest BCUT2D eigenvalue weighted by atomic mass is 10.00. The zero-order valence-corrected chi connectivity index (χ0v) is 17.7. The van der Waals surface area contributed by atoms with E-state index in [9.17, 15) is 4.79 Å². The van der Waals surface area contributed by atoms with Gasteiger partial charge < -0.3 is 11.2 Å². The summed E-state index contributed by atoms with van der Waals surface area (Å²) in [5.41, 5.74) is 3.14. The lowest BCUT2D eigenvalue weighted by Gasteiger charge is -2.16. The van der Waals surface area contributed by atoms with Crippen molar-refractivity contribution in [2.45, 2.75) is 25.0 Å². The van der Waals surface area contributed by atoms with Crippen molar-refractivity contribution in [1.29, 1.82) is 0 Å². The second-order valence-corrected chi connectivity index (χ2v) is 8.13. The van der Waals surface area contributed by atoms with Crippen molar-refractivity contribution < 1.29 is 4.79 Å². The van der Waals surface area contributed by atoms with Crippen molar-refractivity contribution in [2.24, 2.45) is 0 Å². The Labute approximate surface area is 179 Å². The maximum absolute atomic E-state index is 12.5. The van der Waals surface area contributed by atoms with Crippen LogP contribution in [0.2, 0.25) is 0 Å². The number of nitrogens with one attached hydrogen (secondary N) is 1. The quantitative estimate of drug-likeness (QED) is 0.365. The lowest BCUT2D eigenvalue weighted by Crippen LogP contribution is -2.28. The molecule has 3 aromatic carbocycles. The highest BCUT2D eigenvalue weighted by Crippen LogP contribution is 2.25. The first-order valence-corrected chi connectivity index (χ1v) is 10.7. The molecular formula is C23H23N5OS. The molecule has 0 aliphatic rings. The highest BCUT2D eigenvalue weighted by Gasteiger charge is 2.16. The summed E-state index contributed by atoms with van der Waals surface area (Å²) in [5, 5.41) is 14.2. The Morgan fingerprint density at radius 2 is 1.80 bits per heavy atom. The van der Waals surface area contributed by atoms with Gasteiger partial charge in [-0.25, -0.2) is 4.68 Å². The standard InChI is InChI=1S/C23H23N5OS/c1-15-10-12-18(13-11-15)22-26-27-23(28(22)24)30-14-21(29)25-16(2)19-9-5-7-17-6-3-4-8-20(17)19/h3-13,16H,14,24H2,1-2H3,(H,25,29)/t16-/m0/s1. The van der Waals surface area contributed by atoms with Gasteiger partial charge in [0, 0.05) is 5.56 Å². The molecule has 0 unspecified atom stereocenters. The number of nitrogens with two attached hydrogens (primary N) is 1. The first kappa shape index (κ1) is 20.0. The molecule has 30 heavy (non-hydrogen) atoms. The lowest BCUT2D eigenvalue weighted by molar-refractivity contribution is -0.119. The van der Waals surface area contributed by atoms with E-state index in [1.807, 2.05) is 62.4 Å². The third kappa shape index (κ3) is 4.16. The largest absolute Gasteiger partial charge is 0.349 e. The molecule has 0 spiro atoms. The summed E-state index contributed by atoms with van der Waals surface area (Å²) >= 11 is 1.27. The summed E-state index contributed by atoms with van der Waals surface area (Å²) in [6.45, 7) is 4.02. The molecule has 6 nitrogen and oxygen atoms in total. The minimum Gasteiger partial charge on any atom is -0.349 e. The fourth-order valence-corrected chi connectivity index (χ4v) is 4.06. The number of carbonyl (C=O) groups excluding carboxylic acids is 1. The Hall–Kier alpha value is -3.32. The number of benzene rings is 3. The number of carbonyl (C=O) groups is 1. The number of hydrogen-bond acceptors (Lipinski definition) is 5. The highest BCUT2D eigenvalue weighted by molar-refractivity contribution is 7.99. The van der Waals surface area contributed by atoms with E-state index < -0.39 is 0 Å². The van der Waals surface area contributed by atoms with Crippen LogP contribution in [0.25, 0.3) is 22.2 Å². The average molecular weight is 418 g/mol. The van der Waals surface area contributed by atoms with Crippen LogP contribution >= 0.6 is 11.8 Å². The average Bonchev–Trinajstić information content (AvgIpc) is 3.12. The molecule has 152 valence electrons. The molecule has 1 aromatic heterocycles. The van der Waals surface area contributed by atoms with Gasteiger partial charge in [-0.1, -0.05) is 84.1 Å². The third-order valence-electron chi connectivity index (χ3n) is 4.97. The second-order valence-electron chi connectivity index (χ2n) is 7.19. The zero-order valence-electron chi connectivity index (χ0n) is 16.9. The summed E-state index contributed by atoms with van der Waals surface area (Å²) in [6, 6.07) is 22.1. The Balaban J connectivity index is 1.41. The molecule has 4 aromatic rings. The van der Waals surface area contributed by atoms with Crippen LogP contribution in [-0.2, 0) is 4.79 Å². The van der Waals surface area contributed by atoms with Crippen molar-refractivity contribution in [3.63, 3.8) is 0 Å². The molecule has 4 rings (SSSR count). The molecule has 0 fully saturated rings. The fraction of sp³-hybridized carbons (Fsp3) is 0.174. The van der Waals surface area contributed by atoms with E-state index in [-0.39, 0.29) is 17.7 Å². The van der Waals surface area contributed by atoms with Crippen LogP contribution in [0.1, 0.15) is 24.1 Å². The molecule has 3 N–H and O–H groups in total. The van der Waals surface area contributed by atoms with E-state index in [1.165, 1.54) is 16.4 Å². The molecule has 1 amide bonds. The maximum Gasteiger partial charge on any atom is 0.230 e. The van der Waals surface area contributed by atoms with Gasteiger partial charge in [0.05, 0.1) is 11.8 Å². The van der Waals surface area contributed by atoms with Gasteiger partial charge in [0.15, 0.2) is 5.82 Å². The Morgan fingerprint density at radius 1 is 1.07 bits per heavy atom. The number of nitrogens with zero attached hydrogens (tertiary/aromatic N) is 3. The summed E-state index contributed by atoms with van der Waals surface area (Å²) in [7, 11) is 0. The summed E-state index contributed by atoms with van der Waals surface area (Å²) in [6.07, 6.45) is 0. The van der Waals surface area contributed by atoms with Gasteiger partial charge in [0.25, 0.3) is 0 Å². The minimum absolute atomic E-state index is 0.0830. The number of hydrogen-bond donors (Lipinski definition) is 2. The van der Waals surface area contributed by atoms with Gasteiger partial charge in [-0.3, -0.25) is 4.79 Å². The van der Waals surface area contributed by atoms with Gasteiger partial charge in [-0.05, 0) is 30.2 Å². The van der Waals surface area contributed by atoms with Crippen LogP contribution in [0.3, 0.4) is 0 Å². The van der Waals surface area contributed by atoms with E-state index in [0.717, 1.165) is 27.5 Å². The Bertz CT molecular complexity index is 1180. The van der Waals surface area contributed by atoms with E-state index in [1.54, 1.807) is 0 Å². The predicted molar refractivity (Wildman–Crippen MR) is 122 cm³/mol. The number of rotatable bonds is 6. The molecule has 0 aliphatic heterocycles. The van der Waals surface area contributed by atoms with Crippen LogP contribution in [-0.4, -0.2) is 26.5 Å². The summed E-state index contributed by atoms with van der Waals surface area (Å²) in [5.74, 6) is 6.85. The summed E-state index contributed by atoms with van der Waals surface area (Å²) < 4.78 is 1.43. The molecule has 1 heterocycles. The Kier molecular flexibility index (Phi) is 5.72. The molecule has 1 atom stereocenters. The van der Waals surface area contributed by atoms with Crippen molar-refractivity contribution in [3.8, 4) is 11.4 Å². The monoisotopic (exact) mass is 417 g/mol. The number of aromatic nitrogens is 3. The number of aryl methyl sites for hydroxylation is 1. The molecule has 0 bridgehead atoms. The van der Waals surface area contributed by atoms with Gasteiger partial charge in [-0.15, -0.1) is 10.2 Å². The molecule has 0 radical (unpaired) electrons. The van der Waals surface area contributed by atoms with Crippen molar-refractivity contribution >= 4 is 28.4 Å². The highest BCUT2D eigenvalue weighted by atomic mass is 32.2. The number of fused-ring (bicyclic) bond motifs is 1. The molecule has 7 heteroatoms. The number of nitrogen functional groups attached to an aromatic ring is 1. The van der Waals surface area contributed by atoms with E-state index in [2.05, 4.69) is 33.7 Å². The zero-order chi connectivity index (χ0) is 21.1. The SMILES string of the molecule is Cc1ccc(-c2nnc(SCC(=O)N[C@@H](C)c3cccc4ccccc34)n2N)cc1. The normalized spacial score (nSPS) is 12.1. The van der Waals surface area contributed by atoms with Crippen LogP contribution in [0.15, 0.2) is 71.9 Å². The van der Waals surface area contributed by atoms with Crippen molar-refractivity contribution in [1.82, 2.24) is 20.2 Å². The van der Waals surface area contributed by atoms with Crippen LogP contribution in [0, 0.1) is 6.92 Å². The molecular weight excluding hydrogens is 394 g/mol. The first-order chi connectivity index (χ1) is 14.5. The minimum atomic E-state index is -0.108. The van der Waals surface area contributed by atoms with Gasteiger partial charge >= 0.3 is 0 Å². The maximum atomic E-state index is 12.5. The molecule has 0 saturated carbocycles. The van der Waals surface area contributed by atoms with Gasteiger partial charge in [0.1, 0.15) is 0 Å². The van der Waals surface area contributed by atoms with Gasteiger partial charge in [-0.2, -0.15) is 0 Å². The first-order valence-electron chi connectivity index (χ1n) is 9.70. The molecule has 0 saturated heterocycles. The predicted octanol–water partition coefficient (Wildman–Crippen LogP) is 4.09. The second kappa shape index (κ2) is 8.59. The Morgan fingerprint density at radius 3 is 2.60 bits per heavy atom. The van der Waals surface area contributed by atoms with Crippen molar-refractivity contribution in [2.75, 3.05) is 11.6 Å². The fourth-order valence-electron chi connectivity index (χ4n) is 3.39. The van der Waals surface area contributed by atoms with Crippen LogP contribution in [0.5, 0.6) is 0 Å². The smallest absolute Gasteiger partial charge is 0.230 e. The van der Waals surface area contributed by atoms with Crippen LogP contribution < -0.4 is 11.2 Å². The molecule has 0 aliphatic carbocycles. The van der Waals surface area contributed by atoms with E-state index in [0.29, 0.717) is 11.0 Å². The van der Waals surface area contributed by atoms with E-state index in [4.69, 9.17) is 5.84 Å². The van der Waals surface area contributed by atoms with Gasteiger partial charge in [0.2, 0.25) is 11.1 Å². The van der Waals surface area contributed by atoms with Crippen LogP contribution in [0.4, 0.5) is 0 Å². The number of thioether (sulfide) groups is 1. The third-order valence-corrected chi connectivity index (χ3v) is 5.92.